The Hall–Kier alpha value is -3.30. The quantitative estimate of drug-likeness (QED) is 0.329. The van der Waals surface area contributed by atoms with Gasteiger partial charge < -0.3 is 9.40 Å². The van der Waals surface area contributed by atoms with Crippen LogP contribution in [0.5, 0.6) is 0 Å². The third kappa shape index (κ3) is 3.21. The highest BCUT2D eigenvalue weighted by Gasteiger charge is 2.23. The maximum atomic E-state index is 6.22. The molecule has 0 amide bonds. The van der Waals surface area contributed by atoms with Crippen molar-refractivity contribution in [1.29, 1.82) is 0 Å². The van der Waals surface area contributed by atoms with Crippen LogP contribution in [0.15, 0.2) is 71.1 Å². The van der Waals surface area contributed by atoms with Gasteiger partial charge in [0.1, 0.15) is 5.69 Å². The first-order chi connectivity index (χ1) is 14.5. The molecule has 5 aromatic rings. The van der Waals surface area contributed by atoms with Gasteiger partial charge in [-0.05, 0) is 43.7 Å². The van der Waals surface area contributed by atoms with Gasteiger partial charge in [-0.2, -0.15) is 0 Å². The van der Waals surface area contributed by atoms with Crippen molar-refractivity contribution in [2.75, 3.05) is 0 Å². The highest BCUT2D eigenvalue weighted by atomic mass is 35.5. The number of fused-ring (bicyclic) bond motifs is 1. The molecule has 0 radical (unpaired) electrons. The van der Waals surface area contributed by atoms with Crippen LogP contribution in [0.25, 0.3) is 44.7 Å². The third-order valence-electron chi connectivity index (χ3n) is 5.37. The molecule has 1 N–H and O–H groups in total. The lowest BCUT2D eigenvalue weighted by Gasteiger charge is -2.06. The molecule has 5 rings (SSSR count). The SMILES string of the molecule is Cc1ccc(-c2nc(C)oc2-c2c(-c3ccc(Cl)cc3)[nH]c3ccc(C)cc23)cc1. The minimum atomic E-state index is 0.643. The Kier molecular flexibility index (Phi) is 4.48. The number of rotatable bonds is 3. The number of nitrogens with zero attached hydrogens (tertiary/aromatic N) is 1. The predicted molar refractivity (Wildman–Crippen MR) is 124 cm³/mol. The number of nitrogens with one attached hydrogen (secondary N) is 1. The monoisotopic (exact) mass is 412 g/mol. The standard InChI is InChI=1S/C26H21ClN2O/c1-15-4-7-19(8-5-15)25-26(30-17(3)28-25)23-21-14-16(2)6-13-22(21)29-24(23)18-9-11-20(27)12-10-18/h4-14,29H,1-3H3. The molecule has 0 aliphatic heterocycles. The molecular formula is C26H21ClN2O. The zero-order valence-corrected chi connectivity index (χ0v) is 17.8. The van der Waals surface area contributed by atoms with Crippen LogP contribution in [0.3, 0.4) is 0 Å². The largest absolute Gasteiger partial charge is 0.440 e. The number of aryl methyl sites for hydroxylation is 3. The van der Waals surface area contributed by atoms with E-state index in [1.807, 2.05) is 31.2 Å². The van der Waals surface area contributed by atoms with Gasteiger partial charge in [-0.15, -0.1) is 0 Å². The molecular weight excluding hydrogens is 392 g/mol. The lowest BCUT2D eigenvalue weighted by atomic mass is 9.99. The van der Waals surface area contributed by atoms with Gasteiger partial charge in [0.25, 0.3) is 0 Å². The Labute approximate surface area is 180 Å². The molecule has 3 aromatic carbocycles. The van der Waals surface area contributed by atoms with Crippen molar-refractivity contribution in [2.45, 2.75) is 20.8 Å². The maximum absolute atomic E-state index is 6.22. The molecule has 148 valence electrons. The van der Waals surface area contributed by atoms with Crippen LogP contribution in [-0.4, -0.2) is 9.97 Å². The van der Waals surface area contributed by atoms with Crippen molar-refractivity contribution in [3.63, 3.8) is 0 Å². The van der Waals surface area contributed by atoms with Crippen molar-refractivity contribution >= 4 is 22.5 Å². The summed E-state index contributed by atoms with van der Waals surface area (Å²) in [4.78, 5) is 8.33. The molecule has 0 aliphatic rings. The van der Waals surface area contributed by atoms with E-state index in [1.165, 1.54) is 11.1 Å². The van der Waals surface area contributed by atoms with E-state index in [1.54, 1.807) is 0 Å². The molecule has 0 atom stereocenters. The second kappa shape index (κ2) is 7.19. The lowest BCUT2D eigenvalue weighted by molar-refractivity contribution is 0.535. The van der Waals surface area contributed by atoms with Crippen LogP contribution in [0.1, 0.15) is 17.0 Å². The Morgan fingerprint density at radius 1 is 0.800 bits per heavy atom. The first-order valence-corrected chi connectivity index (χ1v) is 10.3. The summed E-state index contributed by atoms with van der Waals surface area (Å²) in [6, 6.07) is 22.7. The first kappa shape index (κ1) is 18.7. The zero-order valence-electron chi connectivity index (χ0n) is 17.1. The average molecular weight is 413 g/mol. The second-order valence-electron chi connectivity index (χ2n) is 7.71. The van der Waals surface area contributed by atoms with Crippen molar-refractivity contribution in [2.24, 2.45) is 0 Å². The van der Waals surface area contributed by atoms with Crippen LogP contribution in [0.2, 0.25) is 5.02 Å². The molecule has 2 heterocycles. The van der Waals surface area contributed by atoms with Crippen molar-refractivity contribution in [3.05, 3.63) is 88.8 Å². The normalized spacial score (nSPS) is 11.3. The summed E-state index contributed by atoms with van der Waals surface area (Å²) in [6.07, 6.45) is 0. The number of hydrogen-bond acceptors (Lipinski definition) is 2. The average Bonchev–Trinajstić information content (AvgIpc) is 3.29. The van der Waals surface area contributed by atoms with Gasteiger partial charge in [-0.1, -0.05) is 65.2 Å². The molecule has 0 aliphatic carbocycles. The number of oxazole rings is 1. The molecule has 0 unspecified atom stereocenters. The zero-order chi connectivity index (χ0) is 20.8. The highest BCUT2D eigenvalue weighted by molar-refractivity contribution is 6.30. The van der Waals surface area contributed by atoms with Crippen molar-refractivity contribution in [3.8, 4) is 33.8 Å². The molecule has 4 heteroatoms. The molecule has 0 bridgehead atoms. The highest BCUT2D eigenvalue weighted by Crippen LogP contribution is 2.43. The lowest BCUT2D eigenvalue weighted by Crippen LogP contribution is -1.86. The third-order valence-corrected chi connectivity index (χ3v) is 5.63. The summed E-state index contributed by atoms with van der Waals surface area (Å²) in [7, 11) is 0. The molecule has 0 fully saturated rings. The smallest absolute Gasteiger partial charge is 0.192 e. The number of aromatic nitrogens is 2. The topological polar surface area (TPSA) is 41.8 Å². The first-order valence-electron chi connectivity index (χ1n) is 9.93. The molecule has 0 spiro atoms. The number of halogens is 1. The number of aromatic amines is 1. The van der Waals surface area contributed by atoms with Crippen molar-refractivity contribution < 1.29 is 4.42 Å². The van der Waals surface area contributed by atoms with Crippen molar-refractivity contribution in [1.82, 2.24) is 9.97 Å². The van der Waals surface area contributed by atoms with Gasteiger partial charge in [0.2, 0.25) is 0 Å². The van der Waals surface area contributed by atoms with E-state index in [0.29, 0.717) is 10.9 Å². The summed E-state index contributed by atoms with van der Waals surface area (Å²) in [5.74, 6) is 1.42. The number of H-pyrrole nitrogens is 1. The maximum Gasteiger partial charge on any atom is 0.192 e. The van der Waals surface area contributed by atoms with E-state index in [-0.39, 0.29) is 0 Å². The number of hydrogen-bond donors (Lipinski definition) is 1. The molecule has 0 saturated carbocycles. The second-order valence-corrected chi connectivity index (χ2v) is 8.14. The van der Waals surface area contributed by atoms with E-state index < -0.39 is 0 Å². The minimum absolute atomic E-state index is 0.643. The Morgan fingerprint density at radius 3 is 2.20 bits per heavy atom. The van der Waals surface area contributed by atoms with Gasteiger partial charge in [0, 0.05) is 28.4 Å². The Morgan fingerprint density at radius 2 is 1.47 bits per heavy atom. The van der Waals surface area contributed by atoms with Crippen LogP contribution < -0.4 is 0 Å². The molecule has 2 aromatic heterocycles. The van der Waals surface area contributed by atoms with E-state index in [0.717, 1.165) is 44.7 Å². The van der Waals surface area contributed by atoms with Crippen LogP contribution in [0, 0.1) is 20.8 Å². The van der Waals surface area contributed by atoms with E-state index >= 15 is 0 Å². The fourth-order valence-corrected chi connectivity index (χ4v) is 4.00. The summed E-state index contributed by atoms with van der Waals surface area (Å²) in [6.45, 7) is 6.08. The van der Waals surface area contributed by atoms with Gasteiger partial charge in [0.05, 0.1) is 11.3 Å². The van der Waals surface area contributed by atoms with Crippen LogP contribution in [0.4, 0.5) is 0 Å². The Bertz CT molecular complexity index is 1360. The van der Waals surface area contributed by atoms with E-state index in [2.05, 4.69) is 61.3 Å². The van der Waals surface area contributed by atoms with Crippen LogP contribution >= 0.6 is 11.6 Å². The molecule has 30 heavy (non-hydrogen) atoms. The minimum Gasteiger partial charge on any atom is -0.440 e. The van der Waals surface area contributed by atoms with E-state index in [4.69, 9.17) is 21.0 Å². The van der Waals surface area contributed by atoms with Gasteiger partial charge in [-0.3, -0.25) is 0 Å². The summed E-state index contributed by atoms with van der Waals surface area (Å²) < 4.78 is 6.22. The fraction of sp³-hybridized carbons (Fsp3) is 0.115. The Balaban J connectivity index is 1.83. The number of benzene rings is 3. The fourth-order valence-electron chi connectivity index (χ4n) is 3.88. The van der Waals surface area contributed by atoms with E-state index in [9.17, 15) is 0 Å². The molecule has 0 saturated heterocycles. The van der Waals surface area contributed by atoms with Gasteiger partial charge in [0.15, 0.2) is 11.7 Å². The van der Waals surface area contributed by atoms with Gasteiger partial charge >= 0.3 is 0 Å². The summed E-state index contributed by atoms with van der Waals surface area (Å²) >= 11 is 6.14. The summed E-state index contributed by atoms with van der Waals surface area (Å²) in [5, 5.41) is 1.83. The summed E-state index contributed by atoms with van der Waals surface area (Å²) in [5.41, 5.74) is 8.42. The van der Waals surface area contributed by atoms with Gasteiger partial charge in [-0.25, -0.2) is 4.98 Å². The molecule has 3 nitrogen and oxygen atoms in total. The predicted octanol–water partition coefficient (Wildman–Crippen LogP) is 7.74. The van der Waals surface area contributed by atoms with Crippen LogP contribution in [-0.2, 0) is 0 Å².